The summed E-state index contributed by atoms with van der Waals surface area (Å²) in [5.41, 5.74) is 1.03. The standard InChI is InChI=1S/C17H23BO5/c1-16(2)17(3,4)23-18(22-16)13-8-12(15(20)21-5)14(19)9-11(13)10-6-7-10/h8-10,19H,6-7H2,1-5H3. The minimum absolute atomic E-state index is 0.0565. The van der Waals surface area contributed by atoms with Gasteiger partial charge in [-0.05, 0) is 69.6 Å². The van der Waals surface area contributed by atoms with Crippen molar-refractivity contribution < 1.29 is 23.9 Å². The van der Waals surface area contributed by atoms with Gasteiger partial charge in [0.2, 0.25) is 0 Å². The van der Waals surface area contributed by atoms with Gasteiger partial charge in [-0.1, -0.05) is 0 Å². The van der Waals surface area contributed by atoms with E-state index in [1.54, 1.807) is 12.1 Å². The molecule has 3 rings (SSSR count). The highest BCUT2D eigenvalue weighted by molar-refractivity contribution is 6.62. The summed E-state index contributed by atoms with van der Waals surface area (Å²) in [6.07, 6.45) is 2.15. The molecule has 0 spiro atoms. The van der Waals surface area contributed by atoms with E-state index in [0.717, 1.165) is 23.9 Å². The summed E-state index contributed by atoms with van der Waals surface area (Å²) in [5.74, 6) is -0.233. The van der Waals surface area contributed by atoms with Gasteiger partial charge in [-0.2, -0.15) is 0 Å². The molecular weight excluding hydrogens is 295 g/mol. The van der Waals surface area contributed by atoms with Crippen LogP contribution in [0.4, 0.5) is 0 Å². The van der Waals surface area contributed by atoms with Crippen LogP contribution in [-0.4, -0.2) is 36.5 Å². The highest BCUT2D eigenvalue weighted by Crippen LogP contribution is 2.43. The van der Waals surface area contributed by atoms with E-state index in [2.05, 4.69) is 0 Å². The van der Waals surface area contributed by atoms with Crippen molar-refractivity contribution in [3.05, 3.63) is 23.3 Å². The fourth-order valence-corrected chi connectivity index (χ4v) is 2.82. The first-order chi connectivity index (χ1) is 10.7. The molecule has 1 saturated carbocycles. The number of esters is 1. The Kier molecular flexibility index (Phi) is 3.73. The number of rotatable bonds is 3. The topological polar surface area (TPSA) is 65.0 Å². The van der Waals surface area contributed by atoms with Gasteiger partial charge < -0.3 is 19.2 Å². The highest BCUT2D eigenvalue weighted by Gasteiger charge is 2.53. The third kappa shape index (κ3) is 2.74. The molecule has 1 aliphatic heterocycles. The third-order valence-electron chi connectivity index (χ3n) is 5.13. The summed E-state index contributed by atoms with van der Waals surface area (Å²) < 4.78 is 17.0. The molecule has 1 heterocycles. The lowest BCUT2D eigenvalue weighted by Crippen LogP contribution is -2.41. The normalized spacial score (nSPS) is 22.2. The van der Waals surface area contributed by atoms with Crippen molar-refractivity contribution in [1.82, 2.24) is 0 Å². The molecule has 1 saturated heterocycles. The van der Waals surface area contributed by atoms with E-state index in [-0.39, 0.29) is 11.3 Å². The summed E-state index contributed by atoms with van der Waals surface area (Å²) >= 11 is 0. The number of methoxy groups -OCH3 is 1. The first-order valence-electron chi connectivity index (χ1n) is 7.97. The van der Waals surface area contributed by atoms with Gasteiger partial charge in [0.15, 0.2) is 0 Å². The monoisotopic (exact) mass is 318 g/mol. The van der Waals surface area contributed by atoms with Crippen molar-refractivity contribution >= 4 is 18.6 Å². The molecule has 1 N–H and O–H groups in total. The van der Waals surface area contributed by atoms with Gasteiger partial charge in [0.25, 0.3) is 0 Å². The van der Waals surface area contributed by atoms with Gasteiger partial charge in [0, 0.05) is 0 Å². The van der Waals surface area contributed by atoms with E-state index >= 15 is 0 Å². The third-order valence-corrected chi connectivity index (χ3v) is 5.13. The number of carbonyl (C=O) groups is 1. The molecule has 1 aromatic rings. The zero-order valence-electron chi connectivity index (χ0n) is 14.3. The number of benzene rings is 1. The fraction of sp³-hybridized carbons (Fsp3) is 0.588. The van der Waals surface area contributed by atoms with E-state index < -0.39 is 24.3 Å². The molecule has 1 aromatic carbocycles. The molecule has 5 nitrogen and oxygen atoms in total. The van der Waals surface area contributed by atoms with E-state index in [4.69, 9.17) is 14.0 Å². The second-order valence-corrected chi connectivity index (χ2v) is 7.35. The Balaban J connectivity index is 2.05. The van der Waals surface area contributed by atoms with Gasteiger partial charge in [-0.25, -0.2) is 4.79 Å². The first kappa shape index (κ1) is 16.3. The number of aromatic hydroxyl groups is 1. The van der Waals surface area contributed by atoms with Crippen molar-refractivity contribution in [1.29, 1.82) is 0 Å². The summed E-state index contributed by atoms with van der Waals surface area (Å²) in [6, 6.07) is 3.31. The van der Waals surface area contributed by atoms with Gasteiger partial charge >= 0.3 is 13.1 Å². The SMILES string of the molecule is COC(=O)c1cc(B2OC(C)(C)C(C)(C)O2)c(C2CC2)cc1O. The van der Waals surface area contributed by atoms with Gasteiger partial charge in [0.1, 0.15) is 11.3 Å². The van der Waals surface area contributed by atoms with Crippen molar-refractivity contribution in [3.8, 4) is 5.75 Å². The molecule has 0 amide bonds. The lowest BCUT2D eigenvalue weighted by molar-refractivity contribution is 0.00578. The molecule has 0 aromatic heterocycles. The summed E-state index contributed by atoms with van der Waals surface area (Å²) in [4.78, 5) is 11.9. The minimum atomic E-state index is -0.567. The maximum Gasteiger partial charge on any atom is 0.495 e. The van der Waals surface area contributed by atoms with Crippen LogP contribution in [0.3, 0.4) is 0 Å². The molecule has 0 unspecified atom stereocenters. The second kappa shape index (κ2) is 5.25. The van der Waals surface area contributed by atoms with Crippen LogP contribution in [0.2, 0.25) is 0 Å². The predicted molar refractivity (Wildman–Crippen MR) is 87.1 cm³/mol. The molecular formula is C17H23BO5. The summed E-state index contributed by atoms with van der Waals surface area (Å²) in [7, 11) is 0.741. The van der Waals surface area contributed by atoms with Crippen LogP contribution in [0, 0.1) is 0 Å². The molecule has 1 aliphatic carbocycles. The number of carbonyl (C=O) groups excluding carboxylic acids is 1. The van der Waals surface area contributed by atoms with Crippen LogP contribution >= 0.6 is 0 Å². The Labute approximate surface area is 137 Å². The Morgan fingerprint density at radius 1 is 1.22 bits per heavy atom. The van der Waals surface area contributed by atoms with Crippen LogP contribution in [0.15, 0.2) is 12.1 Å². The Morgan fingerprint density at radius 2 is 1.78 bits per heavy atom. The minimum Gasteiger partial charge on any atom is -0.507 e. The van der Waals surface area contributed by atoms with Crippen molar-refractivity contribution in [2.45, 2.75) is 57.7 Å². The molecule has 124 valence electrons. The predicted octanol–water partition coefficient (Wildman–Crippen LogP) is 2.36. The van der Waals surface area contributed by atoms with Gasteiger partial charge in [-0.15, -0.1) is 0 Å². The Hall–Kier alpha value is -1.53. The average molecular weight is 318 g/mol. The Morgan fingerprint density at radius 3 is 2.26 bits per heavy atom. The number of phenols is 1. The van der Waals surface area contributed by atoms with E-state index in [9.17, 15) is 9.90 Å². The van der Waals surface area contributed by atoms with Crippen LogP contribution in [-0.2, 0) is 14.0 Å². The van der Waals surface area contributed by atoms with Crippen LogP contribution in [0.25, 0.3) is 0 Å². The molecule has 2 fully saturated rings. The lowest BCUT2D eigenvalue weighted by Gasteiger charge is -2.32. The Bertz CT molecular complexity index is 633. The number of hydrogen-bond acceptors (Lipinski definition) is 5. The second-order valence-electron chi connectivity index (χ2n) is 7.35. The lowest BCUT2D eigenvalue weighted by atomic mass is 9.74. The molecule has 0 bridgehead atoms. The van der Waals surface area contributed by atoms with Crippen LogP contribution in [0.5, 0.6) is 5.75 Å². The van der Waals surface area contributed by atoms with Crippen molar-refractivity contribution in [2.24, 2.45) is 0 Å². The molecule has 6 heteroatoms. The smallest absolute Gasteiger partial charge is 0.495 e. The number of ether oxygens (including phenoxy) is 1. The zero-order valence-corrected chi connectivity index (χ0v) is 14.3. The quantitative estimate of drug-likeness (QED) is 0.684. The largest absolute Gasteiger partial charge is 0.507 e. The van der Waals surface area contributed by atoms with Crippen LogP contribution in [0.1, 0.15) is 62.4 Å². The molecule has 2 aliphatic rings. The fourth-order valence-electron chi connectivity index (χ4n) is 2.82. The molecule has 0 atom stereocenters. The van der Waals surface area contributed by atoms with Gasteiger partial charge in [0.05, 0.1) is 18.3 Å². The number of hydrogen-bond donors (Lipinski definition) is 1. The van der Waals surface area contributed by atoms with Gasteiger partial charge in [-0.3, -0.25) is 0 Å². The number of phenolic OH excluding ortho intramolecular Hbond substituents is 1. The van der Waals surface area contributed by atoms with E-state index in [1.165, 1.54) is 7.11 Å². The maximum atomic E-state index is 11.9. The van der Waals surface area contributed by atoms with Crippen LogP contribution < -0.4 is 5.46 Å². The van der Waals surface area contributed by atoms with Crippen molar-refractivity contribution in [3.63, 3.8) is 0 Å². The van der Waals surface area contributed by atoms with E-state index in [0.29, 0.717) is 5.92 Å². The van der Waals surface area contributed by atoms with E-state index in [1.807, 2.05) is 27.7 Å². The molecule has 0 radical (unpaired) electrons. The zero-order chi connectivity index (χ0) is 17.0. The van der Waals surface area contributed by atoms with Crippen molar-refractivity contribution in [2.75, 3.05) is 7.11 Å². The average Bonchev–Trinajstić information content (AvgIpc) is 3.26. The summed E-state index contributed by atoms with van der Waals surface area (Å²) in [5, 5.41) is 10.2. The molecule has 23 heavy (non-hydrogen) atoms. The maximum absolute atomic E-state index is 11.9. The highest BCUT2D eigenvalue weighted by atomic mass is 16.7. The first-order valence-corrected chi connectivity index (χ1v) is 7.97. The summed E-state index contributed by atoms with van der Waals surface area (Å²) in [6.45, 7) is 7.97.